The zero-order chi connectivity index (χ0) is 9.26. The average molecular weight is 237 g/mol. The van der Waals surface area contributed by atoms with Gasteiger partial charge < -0.3 is 0 Å². The number of hydrogen-bond acceptors (Lipinski definition) is 0. The van der Waals surface area contributed by atoms with Gasteiger partial charge >= 0.3 is 85.1 Å². The van der Waals surface area contributed by atoms with E-state index in [1.54, 1.807) is 9.82 Å². The molecule has 0 aliphatic heterocycles. The van der Waals surface area contributed by atoms with Crippen molar-refractivity contribution in [3.8, 4) is 0 Å². The molecule has 0 fully saturated rings. The van der Waals surface area contributed by atoms with E-state index in [2.05, 4.69) is 43.1 Å². The van der Waals surface area contributed by atoms with Crippen molar-refractivity contribution in [1.82, 2.24) is 0 Å². The predicted molar refractivity (Wildman–Crippen MR) is 59.6 cm³/mol. The fraction of sp³-hybridized carbons (Fsp3) is 0.333. The summed E-state index contributed by atoms with van der Waals surface area (Å²) in [7, 11) is 0. The van der Waals surface area contributed by atoms with Gasteiger partial charge in [0.05, 0.1) is 0 Å². The summed E-state index contributed by atoms with van der Waals surface area (Å²) in [6.07, 6.45) is 1.24. The van der Waals surface area contributed by atoms with Gasteiger partial charge in [0.2, 0.25) is 0 Å². The van der Waals surface area contributed by atoms with Crippen LogP contribution in [0.15, 0.2) is 29.2 Å². The Bertz CT molecular complexity index is 400. The molecule has 0 nitrogen and oxygen atoms in total. The topological polar surface area (TPSA) is 0 Å². The molecule has 0 spiro atoms. The molecule has 1 aromatic carbocycles. The summed E-state index contributed by atoms with van der Waals surface area (Å²) in [6, 6.07) is 8.97. The third kappa shape index (κ3) is 1.59. The molecule has 1 heteroatoms. The van der Waals surface area contributed by atoms with Crippen LogP contribution in [0.5, 0.6) is 0 Å². The molecule has 0 aliphatic carbocycles. The van der Waals surface area contributed by atoms with Gasteiger partial charge in [-0.1, -0.05) is 0 Å². The molecule has 0 saturated carbocycles. The van der Waals surface area contributed by atoms with Crippen molar-refractivity contribution >= 4 is 24.1 Å². The van der Waals surface area contributed by atoms with Crippen LogP contribution in [-0.2, 0) is 0 Å². The Morgan fingerprint density at radius 1 is 1.31 bits per heavy atom. The molecule has 13 heavy (non-hydrogen) atoms. The van der Waals surface area contributed by atoms with E-state index >= 15 is 0 Å². The van der Waals surface area contributed by atoms with Crippen LogP contribution in [0.2, 0.25) is 0 Å². The second kappa shape index (κ2) is 3.69. The Labute approximate surface area is 85.3 Å². The molecular formula is C12H14Se. The molecule has 0 radical (unpaired) electrons. The summed E-state index contributed by atoms with van der Waals surface area (Å²) < 4.78 is 1.62. The van der Waals surface area contributed by atoms with Crippen molar-refractivity contribution in [2.45, 2.75) is 26.2 Å². The van der Waals surface area contributed by atoms with Crippen LogP contribution in [0.25, 0.3) is 9.65 Å². The fourth-order valence-corrected chi connectivity index (χ4v) is 3.78. The van der Waals surface area contributed by atoms with Crippen LogP contribution in [0, 0.1) is 0 Å². The molecule has 1 atom stereocenters. The first-order valence-corrected chi connectivity index (χ1v) is 6.63. The van der Waals surface area contributed by atoms with Gasteiger partial charge in [0, 0.05) is 0 Å². The molecule has 2 rings (SSSR count). The molecular weight excluding hydrogens is 223 g/mol. The van der Waals surface area contributed by atoms with Crippen molar-refractivity contribution in [3.63, 3.8) is 0 Å². The monoisotopic (exact) mass is 238 g/mol. The number of fused-ring (bicyclic) bond motifs is 1. The number of benzene rings is 1. The molecule has 0 aliphatic rings. The van der Waals surface area contributed by atoms with Gasteiger partial charge in [0.1, 0.15) is 0 Å². The summed E-state index contributed by atoms with van der Waals surface area (Å²) >= 11 is 0.593. The van der Waals surface area contributed by atoms with Crippen LogP contribution in [0.1, 0.15) is 31.7 Å². The van der Waals surface area contributed by atoms with Crippen molar-refractivity contribution in [3.05, 3.63) is 34.8 Å². The van der Waals surface area contributed by atoms with Crippen LogP contribution in [0.4, 0.5) is 0 Å². The van der Waals surface area contributed by atoms with E-state index in [9.17, 15) is 0 Å². The van der Waals surface area contributed by atoms with Crippen molar-refractivity contribution in [2.24, 2.45) is 0 Å². The van der Waals surface area contributed by atoms with Gasteiger partial charge in [-0.15, -0.1) is 0 Å². The van der Waals surface area contributed by atoms with E-state index in [0.29, 0.717) is 14.5 Å². The second-order valence-electron chi connectivity index (χ2n) is 3.50. The molecule has 0 amide bonds. The minimum atomic E-state index is 0.593. The Hall–Kier alpha value is -0.521. The molecule has 0 saturated heterocycles. The Morgan fingerprint density at radius 3 is 2.92 bits per heavy atom. The summed E-state index contributed by atoms with van der Waals surface area (Å²) in [5.41, 5.74) is 1.57. The molecule has 2 aromatic rings. The van der Waals surface area contributed by atoms with Gasteiger partial charge in [-0.25, -0.2) is 0 Å². The van der Waals surface area contributed by atoms with E-state index in [4.69, 9.17) is 0 Å². The first kappa shape index (κ1) is 9.05. The van der Waals surface area contributed by atoms with Crippen molar-refractivity contribution < 1.29 is 0 Å². The van der Waals surface area contributed by atoms with E-state index in [0.717, 1.165) is 5.92 Å². The van der Waals surface area contributed by atoms with E-state index in [1.165, 1.54) is 11.8 Å². The quantitative estimate of drug-likeness (QED) is 0.702. The standard InChI is InChI=1S/C12H14Se/c1-3-9(2)11-6-4-5-10-7-8-13-12(10)11/h4-9H,3H2,1-2H3. The van der Waals surface area contributed by atoms with E-state index in [1.807, 2.05) is 0 Å². The summed E-state index contributed by atoms with van der Waals surface area (Å²) in [6.45, 7) is 4.59. The number of hydrogen-bond donors (Lipinski definition) is 0. The van der Waals surface area contributed by atoms with Gasteiger partial charge in [0.15, 0.2) is 0 Å². The molecule has 0 N–H and O–H groups in total. The van der Waals surface area contributed by atoms with Crippen LogP contribution in [0.3, 0.4) is 0 Å². The zero-order valence-corrected chi connectivity index (χ0v) is 9.79. The molecule has 0 bridgehead atoms. The van der Waals surface area contributed by atoms with Crippen LogP contribution >= 0.6 is 0 Å². The third-order valence-corrected chi connectivity index (χ3v) is 4.71. The Balaban J connectivity index is 2.60. The predicted octanol–water partition coefficient (Wildman–Crippen LogP) is 3.41. The molecule has 1 unspecified atom stereocenters. The van der Waals surface area contributed by atoms with Gasteiger partial charge in [0.25, 0.3) is 0 Å². The maximum absolute atomic E-state index is 2.32. The molecule has 68 valence electrons. The van der Waals surface area contributed by atoms with Gasteiger partial charge in [-0.05, 0) is 0 Å². The van der Waals surface area contributed by atoms with E-state index < -0.39 is 0 Å². The van der Waals surface area contributed by atoms with E-state index in [-0.39, 0.29) is 0 Å². The molecule has 1 heterocycles. The van der Waals surface area contributed by atoms with Crippen LogP contribution < -0.4 is 0 Å². The van der Waals surface area contributed by atoms with Gasteiger partial charge in [-0.2, -0.15) is 0 Å². The fourth-order valence-electron chi connectivity index (χ4n) is 1.62. The summed E-state index contributed by atoms with van der Waals surface area (Å²) in [4.78, 5) is 2.32. The van der Waals surface area contributed by atoms with Crippen molar-refractivity contribution in [1.29, 1.82) is 0 Å². The Morgan fingerprint density at radius 2 is 2.15 bits per heavy atom. The number of rotatable bonds is 2. The SMILES string of the molecule is CCC(C)c1cccc2cc[se]c12. The van der Waals surface area contributed by atoms with Crippen molar-refractivity contribution in [2.75, 3.05) is 0 Å². The second-order valence-corrected chi connectivity index (χ2v) is 5.42. The summed E-state index contributed by atoms with van der Waals surface area (Å²) in [5, 5.41) is 1.46. The molecule has 1 aromatic heterocycles. The zero-order valence-electron chi connectivity index (χ0n) is 8.08. The summed E-state index contributed by atoms with van der Waals surface area (Å²) in [5.74, 6) is 0.719. The first-order chi connectivity index (χ1) is 6.33. The third-order valence-electron chi connectivity index (χ3n) is 2.65. The minimum absolute atomic E-state index is 0.593. The van der Waals surface area contributed by atoms with Crippen LogP contribution in [-0.4, -0.2) is 14.5 Å². The Kier molecular flexibility index (Phi) is 2.57. The average Bonchev–Trinajstić information content (AvgIpc) is 2.63. The maximum atomic E-state index is 2.32. The van der Waals surface area contributed by atoms with Gasteiger partial charge in [-0.3, -0.25) is 0 Å². The first-order valence-electron chi connectivity index (χ1n) is 4.79. The normalized spacial score (nSPS) is 13.4.